The molecule has 0 bridgehead atoms. The van der Waals surface area contributed by atoms with E-state index in [0.29, 0.717) is 17.0 Å². The summed E-state index contributed by atoms with van der Waals surface area (Å²) >= 11 is 0. The van der Waals surface area contributed by atoms with E-state index in [1.54, 1.807) is 18.2 Å². The van der Waals surface area contributed by atoms with E-state index < -0.39 is 5.97 Å². The number of carboxylic acids is 1. The van der Waals surface area contributed by atoms with Crippen molar-refractivity contribution in [3.8, 4) is 11.4 Å². The maximum Gasteiger partial charge on any atom is 0.337 e. The number of fused-ring (bicyclic) bond motifs is 1. The number of rotatable bonds is 4. The van der Waals surface area contributed by atoms with Crippen LogP contribution in [0.4, 0.5) is 5.69 Å². The summed E-state index contributed by atoms with van der Waals surface area (Å²) < 4.78 is 0. The number of aromatic carboxylic acids is 1. The van der Waals surface area contributed by atoms with E-state index in [1.807, 2.05) is 42.5 Å². The number of hydrogen-bond donors (Lipinski definition) is 2. The summed E-state index contributed by atoms with van der Waals surface area (Å²) in [6.45, 7) is 0. The lowest BCUT2D eigenvalue weighted by molar-refractivity contribution is 0.0696. The highest BCUT2D eigenvalue weighted by Gasteiger charge is 2.10. The number of aromatic nitrogens is 2. The third kappa shape index (κ3) is 3.43. The minimum absolute atomic E-state index is 0.106. The summed E-state index contributed by atoms with van der Waals surface area (Å²) in [4.78, 5) is 31.9. The van der Waals surface area contributed by atoms with Crippen LogP contribution in [0.15, 0.2) is 79.1 Å². The molecule has 0 aliphatic carbocycles. The van der Waals surface area contributed by atoms with E-state index in [1.165, 1.54) is 18.5 Å². The van der Waals surface area contributed by atoms with Crippen molar-refractivity contribution in [1.82, 2.24) is 9.97 Å². The average Bonchev–Trinajstić information content (AvgIpc) is 2.74. The van der Waals surface area contributed by atoms with Crippen LogP contribution >= 0.6 is 0 Å². The second kappa shape index (κ2) is 7.28. The Bertz CT molecular complexity index is 1160. The first kappa shape index (κ1) is 17.4. The average molecular weight is 369 g/mol. The molecule has 6 heteroatoms. The van der Waals surface area contributed by atoms with E-state index in [4.69, 9.17) is 5.11 Å². The number of nitrogens with one attached hydrogen (secondary N) is 1. The van der Waals surface area contributed by atoms with Crippen molar-refractivity contribution in [3.63, 3.8) is 0 Å². The predicted molar refractivity (Wildman–Crippen MR) is 106 cm³/mol. The van der Waals surface area contributed by atoms with Gasteiger partial charge < -0.3 is 10.4 Å². The molecule has 0 aliphatic rings. The third-order valence-corrected chi connectivity index (χ3v) is 4.34. The van der Waals surface area contributed by atoms with E-state index >= 15 is 0 Å². The minimum atomic E-state index is -1.03. The maximum absolute atomic E-state index is 12.6. The Balaban J connectivity index is 1.55. The number of amides is 1. The molecule has 4 aromatic rings. The monoisotopic (exact) mass is 369 g/mol. The van der Waals surface area contributed by atoms with E-state index in [-0.39, 0.29) is 11.5 Å². The molecule has 0 saturated carbocycles. The molecule has 2 aromatic heterocycles. The highest BCUT2D eigenvalue weighted by molar-refractivity contribution is 6.09. The largest absolute Gasteiger partial charge is 0.478 e. The van der Waals surface area contributed by atoms with Crippen molar-refractivity contribution in [3.05, 3.63) is 90.3 Å². The van der Waals surface area contributed by atoms with Gasteiger partial charge in [0, 0.05) is 23.5 Å². The predicted octanol–water partition coefficient (Wildman–Crippen LogP) is 4.25. The smallest absolute Gasteiger partial charge is 0.337 e. The summed E-state index contributed by atoms with van der Waals surface area (Å²) in [5.74, 6) is -1.29. The number of pyridine rings is 2. The van der Waals surface area contributed by atoms with Gasteiger partial charge in [0.1, 0.15) is 0 Å². The first-order valence-electron chi connectivity index (χ1n) is 8.57. The lowest BCUT2D eigenvalue weighted by atomic mass is 10.1. The Labute approximate surface area is 160 Å². The topological polar surface area (TPSA) is 92.2 Å². The molecule has 0 radical (unpaired) electrons. The van der Waals surface area contributed by atoms with Gasteiger partial charge in [0.25, 0.3) is 5.91 Å². The molecular weight excluding hydrogens is 354 g/mol. The van der Waals surface area contributed by atoms with Crippen LogP contribution in [0, 0.1) is 0 Å². The van der Waals surface area contributed by atoms with Crippen LogP contribution < -0.4 is 5.32 Å². The van der Waals surface area contributed by atoms with Crippen LogP contribution in [-0.2, 0) is 0 Å². The first-order valence-corrected chi connectivity index (χ1v) is 8.57. The van der Waals surface area contributed by atoms with Crippen molar-refractivity contribution < 1.29 is 14.7 Å². The Morgan fingerprint density at radius 2 is 1.39 bits per heavy atom. The van der Waals surface area contributed by atoms with Gasteiger partial charge >= 0.3 is 5.97 Å². The second-order valence-electron chi connectivity index (χ2n) is 6.15. The fourth-order valence-electron chi connectivity index (χ4n) is 2.88. The van der Waals surface area contributed by atoms with Gasteiger partial charge in [-0.25, -0.2) is 4.79 Å². The van der Waals surface area contributed by atoms with Gasteiger partial charge in [0.05, 0.1) is 22.5 Å². The Morgan fingerprint density at radius 1 is 0.750 bits per heavy atom. The van der Waals surface area contributed by atoms with Gasteiger partial charge in [-0.15, -0.1) is 0 Å². The van der Waals surface area contributed by atoms with Crippen molar-refractivity contribution in [1.29, 1.82) is 0 Å². The fraction of sp³-hybridized carbons (Fsp3) is 0. The quantitative estimate of drug-likeness (QED) is 0.561. The lowest BCUT2D eigenvalue weighted by Crippen LogP contribution is -2.12. The molecular formula is C22H15N3O3. The van der Waals surface area contributed by atoms with Gasteiger partial charge in [-0.1, -0.05) is 36.4 Å². The number of nitrogens with zero attached hydrogens (tertiary/aromatic N) is 2. The van der Waals surface area contributed by atoms with Crippen LogP contribution in [0.1, 0.15) is 20.7 Å². The zero-order valence-electron chi connectivity index (χ0n) is 14.7. The van der Waals surface area contributed by atoms with Crippen molar-refractivity contribution in [2.75, 3.05) is 5.32 Å². The van der Waals surface area contributed by atoms with Crippen molar-refractivity contribution >= 4 is 28.3 Å². The summed E-state index contributed by atoms with van der Waals surface area (Å²) in [5, 5.41) is 13.9. The zero-order valence-corrected chi connectivity index (χ0v) is 14.7. The summed E-state index contributed by atoms with van der Waals surface area (Å²) in [5.41, 5.74) is 2.34. The molecule has 0 unspecified atom stereocenters. The van der Waals surface area contributed by atoms with Crippen LogP contribution in [0.3, 0.4) is 0 Å². The summed E-state index contributed by atoms with van der Waals surface area (Å²) in [7, 11) is 0. The van der Waals surface area contributed by atoms with Gasteiger partial charge in [-0.3, -0.25) is 14.8 Å². The molecule has 4 rings (SSSR count). The van der Waals surface area contributed by atoms with Gasteiger partial charge in [-0.2, -0.15) is 0 Å². The summed E-state index contributed by atoms with van der Waals surface area (Å²) in [6.07, 6.45) is 2.75. The van der Waals surface area contributed by atoms with Crippen LogP contribution in [0.2, 0.25) is 0 Å². The molecule has 0 atom stereocenters. The normalized spacial score (nSPS) is 10.6. The molecule has 0 aliphatic heterocycles. The molecule has 2 aromatic carbocycles. The molecule has 0 fully saturated rings. The second-order valence-corrected chi connectivity index (χ2v) is 6.15. The minimum Gasteiger partial charge on any atom is -0.478 e. The van der Waals surface area contributed by atoms with Gasteiger partial charge in [-0.05, 0) is 35.7 Å². The van der Waals surface area contributed by atoms with Gasteiger partial charge in [0.15, 0.2) is 0 Å². The molecule has 1 amide bonds. The first-order chi connectivity index (χ1) is 13.6. The molecule has 28 heavy (non-hydrogen) atoms. The zero-order chi connectivity index (χ0) is 19.5. The van der Waals surface area contributed by atoms with E-state index in [2.05, 4.69) is 15.3 Å². The highest BCUT2D eigenvalue weighted by Crippen LogP contribution is 2.23. The number of benzene rings is 2. The molecule has 136 valence electrons. The van der Waals surface area contributed by atoms with Crippen LogP contribution in [0.25, 0.3) is 22.2 Å². The van der Waals surface area contributed by atoms with Crippen molar-refractivity contribution in [2.45, 2.75) is 0 Å². The molecule has 2 heterocycles. The molecule has 0 saturated heterocycles. The molecule has 0 spiro atoms. The Kier molecular flexibility index (Phi) is 4.51. The molecule has 6 nitrogen and oxygen atoms in total. The number of hydrogen-bond acceptors (Lipinski definition) is 4. The van der Waals surface area contributed by atoms with E-state index in [9.17, 15) is 9.59 Å². The fourth-order valence-corrected chi connectivity index (χ4v) is 2.88. The number of carbonyl (C=O) groups excluding carboxylic acids is 1. The Morgan fingerprint density at radius 3 is 2.04 bits per heavy atom. The SMILES string of the molecule is O=C(O)c1ccc(-c2ccc(C(=O)Nc3cccc4ccccc34)cn2)nc1. The van der Waals surface area contributed by atoms with Crippen molar-refractivity contribution in [2.24, 2.45) is 0 Å². The van der Waals surface area contributed by atoms with Crippen LogP contribution in [0.5, 0.6) is 0 Å². The highest BCUT2D eigenvalue weighted by atomic mass is 16.4. The summed E-state index contributed by atoms with van der Waals surface area (Å²) in [6, 6.07) is 20.0. The third-order valence-electron chi connectivity index (χ3n) is 4.34. The van der Waals surface area contributed by atoms with E-state index in [0.717, 1.165) is 16.5 Å². The number of carboxylic acid groups (broad SMARTS) is 1. The maximum atomic E-state index is 12.6. The number of anilines is 1. The standard InChI is InChI=1S/C22H15N3O3/c26-21(25-18-7-3-5-14-4-1-2-6-17(14)18)15-8-10-19(23-12-15)20-11-9-16(13-24-20)22(27)28/h1-13H,(H,25,26)(H,27,28). The lowest BCUT2D eigenvalue weighted by Gasteiger charge is -2.09. The number of carbonyl (C=O) groups is 2. The van der Waals surface area contributed by atoms with Gasteiger partial charge in [0.2, 0.25) is 0 Å². The Hall–Kier alpha value is -4.06. The molecule has 2 N–H and O–H groups in total. The van der Waals surface area contributed by atoms with Crippen LogP contribution in [-0.4, -0.2) is 27.0 Å².